The van der Waals surface area contributed by atoms with Crippen molar-refractivity contribution in [3.8, 4) is 5.75 Å². The Labute approximate surface area is 145 Å². The van der Waals surface area contributed by atoms with Crippen LogP contribution in [-0.4, -0.2) is 13.1 Å². The average molecular weight is 372 g/mol. The van der Waals surface area contributed by atoms with Gasteiger partial charge in [-0.15, -0.1) is 0 Å². The van der Waals surface area contributed by atoms with Gasteiger partial charge in [-0.25, -0.2) is 26.7 Å². The fourth-order valence-corrected chi connectivity index (χ4v) is 2.07. The van der Waals surface area contributed by atoms with Crippen LogP contribution in [0.3, 0.4) is 0 Å². The molecule has 0 N–H and O–H groups in total. The van der Waals surface area contributed by atoms with Crippen LogP contribution in [0.1, 0.15) is 18.1 Å². The predicted molar refractivity (Wildman–Crippen MR) is 82.7 cm³/mol. The molecule has 0 amide bonds. The number of benzene rings is 2. The minimum Gasteiger partial charge on any atom is -0.489 e. The molecule has 3 nitrogen and oxygen atoms in total. The lowest BCUT2D eigenvalue weighted by Crippen LogP contribution is -2.09. The minimum atomic E-state index is -2.22. The SMILES string of the molecule is COC(=O)/C=C(/C)c1ccc(OCc2c(F)c(F)c(F)c(F)c2F)cc1. The lowest BCUT2D eigenvalue weighted by atomic mass is 10.1. The number of ether oxygens (including phenoxy) is 2. The van der Waals surface area contributed by atoms with Crippen molar-refractivity contribution < 1.29 is 36.2 Å². The van der Waals surface area contributed by atoms with E-state index in [4.69, 9.17) is 4.74 Å². The van der Waals surface area contributed by atoms with Crippen LogP contribution in [-0.2, 0) is 16.1 Å². The molecule has 0 saturated carbocycles. The van der Waals surface area contributed by atoms with E-state index in [-0.39, 0.29) is 5.75 Å². The number of carbonyl (C=O) groups is 1. The lowest BCUT2D eigenvalue weighted by molar-refractivity contribution is -0.134. The van der Waals surface area contributed by atoms with Crippen molar-refractivity contribution in [2.24, 2.45) is 0 Å². The second-order valence-electron chi connectivity index (χ2n) is 5.21. The van der Waals surface area contributed by atoms with Gasteiger partial charge in [-0.3, -0.25) is 0 Å². The topological polar surface area (TPSA) is 35.5 Å². The summed E-state index contributed by atoms with van der Waals surface area (Å²) in [6.45, 7) is 0.823. The second-order valence-corrected chi connectivity index (χ2v) is 5.21. The van der Waals surface area contributed by atoms with Gasteiger partial charge in [0.15, 0.2) is 23.3 Å². The van der Waals surface area contributed by atoms with E-state index in [0.29, 0.717) is 11.1 Å². The molecular weight excluding hydrogens is 359 g/mol. The van der Waals surface area contributed by atoms with Gasteiger partial charge in [0.25, 0.3) is 0 Å². The summed E-state index contributed by atoms with van der Waals surface area (Å²) in [7, 11) is 1.24. The quantitative estimate of drug-likeness (QED) is 0.254. The van der Waals surface area contributed by atoms with Gasteiger partial charge in [0, 0.05) is 6.08 Å². The van der Waals surface area contributed by atoms with Gasteiger partial charge in [-0.1, -0.05) is 12.1 Å². The van der Waals surface area contributed by atoms with Crippen molar-refractivity contribution >= 4 is 11.5 Å². The number of carbonyl (C=O) groups excluding carboxylic acids is 1. The summed E-state index contributed by atoms with van der Waals surface area (Å²) in [6, 6.07) is 5.97. The Hall–Kier alpha value is -2.90. The van der Waals surface area contributed by atoms with Crippen molar-refractivity contribution in [1.29, 1.82) is 0 Å². The van der Waals surface area contributed by atoms with Gasteiger partial charge in [0.05, 0.1) is 12.7 Å². The van der Waals surface area contributed by atoms with Gasteiger partial charge < -0.3 is 9.47 Å². The van der Waals surface area contributed by atoms with E-state index < -0.39 is 47.2 Å². The molecule has 0 aliphatic carbocycles. The summed E-state index contributed by atoms with van der Waals surface area (Å²) >= 11 is 0. The van der Waals surface area contributed by atoms with Gasteiger partial charge >= 0.3 is 5.97 Å². The Balaban J connectivity index is 2.17. The molecule has 0 saturated heterocycles. The molecule has 0 unspecified atom stereocenters. The monoisotopic (exact) mass is 372 g/mol. The maximum Gasteiger partial charge on any atom is 0.330 e. The largest absolute Gasteiger partial charge is 0.489 e. The molecule has 0 fully saturated rings. The van der Waals surface area contributed by atoms with E-state index in [9.17, 15) is 26.7 Å². The van der Waals surface area contributed by atoms with Gasteiger partial charge in [0.1, 0.15) is 12.4 Å². The minimum absolute atomic E-state index is 0.142. The fourth-order valence-electron chi connectivity index (χ4n) is 2.07. The number of hydrogen-bond acceptors (Lipinski definition) is 3. The standard InChI is InChI=1S/C18H13F5O3/c1-9(7-13(24)25-2)10-3-5-11(6-4-10)26-8-12-14(19)16(21)18(23)17(22)15(12)20/h3-7H,8H2,1-2H3/b9-7-. The van der Waals surface area contributed by atoms with Crippen LogP contribution in [0.15, 0.2) is 30.3 Å². The number of methoxy groups -OCH3 is 1. The molecule has 0 aliphatic heterocycles. The van der Waals surface area contributed by atoms with Crippen LogP contribution in [0.5, 0.6) is 5.75 Å². The Morgan fingerprint density at radius 1 is 0.923 bits per heavy atom. The van der Waals surface area contributed by atoms with Crippen LogP contribution in [0.25, 0.3) is 5.57 Å². The molecule has 26 heavy (non-hydrogen) atoms. The Morgan fingerprint density at radius 3 is 1.92 bits per heavy atom. The Bertz CT molecular complexity index is 831. The first-order valence-corrected chi connectivity index (χ1v) is 7.26. The van der Waals surface area contributed by atoms with Crippen LogP contribution in [0.2, 0.25) is 0 Å². The van der Waals surface area contributed by atoms with Crippen LogP contribution in [0.4, 0.5) is 22.0 Å². The third-order valence-corrected chi connectivity index (χ3v) is 3.53. The summed E-state index contributed by atoms with van der Waals surface area (Å²) in [6.07, 6.45) is 1.27. The zero-order chi connectivity index (χ0) is 19.4. The molecule has 0 aliphatic rings. The summed E-state index contributed by atoms with van der Waals surface area (Å²) < 4.78 is 76.0. The van der Waals surface area contributed by atoms with Gasteiger partial charge in [0.2, 0.25) is 5.82 Å². The zero-order valence-electron chi connectivity index (χ0n) is 13.7. The highest BCUT2D eigenvalue weighted by atomic mass is 19.2. The summed E-state index contributed by atoms with van der Waals surface area (Å²) in [5.41, 5.74) is 0.189. The summed E-state index contributed by atoms with van der Waals surface area (Å²) in [4.78, 5) is 11.2. The Kier molecular flexibility index (Phi) is 5.97. The van der Waals surface area contributed by atoms with Crippen molar-refractivity contribution in [2.45, 2.75) is 13.5 Å². The molecule has 0 atom stereocenters. The highest BCUT2D eigenvalue weighted by molar-refractivity contribution is 5.90. The van der Waals surface area contributed by atoms with Crippen molar-refractivity contribution in [3.05, 3.63) is 70.6 Å². The zero-order valence-corrected chi connectivity index (χ0v) is 13.7. The van der Waals surface area contributed by atoms with Crippen LogP contribution < -0.4 is 4.74 Å². The predicted octanol–water partition coefficient (Wildman–Crippen LogP) is 4.54. The highest BCUT2D eigenvalue weighted by Gasteiger charge is 2.25. The van der Waals surface area contributed by atoms with E-state index in [1.54, 1.807) is 19.1 Å². The first-order valence-electron chi connectivity index (χ1n) is 7.26. The van der Waals surface area contributed by atoms with Gasteiger partial charge in [-0.2, -0.15) is 0 Å². The van der Waals surface area contributed by atoms with E-state index in [1.165, 1.54) is 25.3 Å². The molecule has 2 aromatic rings. The van der Waals surface area contributed by atoms with Crippen molar-refractivity contribution in [1.82, 2.24) is 0 Å². The van der Waals surface area contributed by atoms with E-state index in [0.717, 1.165) is 0 Å². The maximum atomic E-state index is 13.6. The molecule has 0 bridgehead atoms. The van der Waals surface area contributed by atoms with Crippen molar-refractivity contribution in [3.63, 3.8) is 0 Å². The first kappa shape index (κ1) is 19.4. The number of allylic oxidation sites excluding steroid dienone is 1. The number of esters is 1. The fraction of sp³-hybridized carbons (Fsp3) is 0.167. The number of hydrogen-bond donors (Lipinski definition) is 0. The third-order valence-electron chi connectivity index (χ3n) is 3.53. The lowest BCUT2D eigenvalue weighted by Gasteiger charge is -2.10. The molecule has 0 spiro atoms. The number of rotatable bonds is 5. The van der Waals surface area contributed by atoms with Crippen LogP contribution >= 0.6 is 0 Å². The molecule has 8 heteroatoms. The number of halogens is 5. The normalized spacial score (nSPS) is 11.4. The molecule has 138 valence electrons. The molecule has 0 radical (unpaired) electrons. The van der Waals surface area contributed by atoms with E-state index in [2.05, 4.69) is 4.74 Å². The van der Waals surface area contributed by atoms with Gasteiger partial charge in [-0.05, 0) is 30.2 Å². The second kappa shape index (κ2) is 7.99. The third kappa shape index (κ3) is 4.01. The summed E-state index contributed by atoms with van der Waals surface area (Å²) in [5, 5.41) is 0. The maximum absolute atomic E-state index is 13.6. The van der Waals surface area contributed by atoms with Crippen LogP contribution in [0, 0.1) is 29.1 Å². The molecule has 0 aromatic heterocycles. The van der Waals surface area contributed by atoms with E-state index in [1.807, 2.05) is 0 Å². The molecule has 0 heterocycles. The first-order chi connectivity index (χ1) is 12.3. The van der Waals surface area contributed by atoms with Crippen molar-refractivity contribution in [2.75, 3.05) is 7.11 Å². The highest BCUT2D eigenvalue weighted by Crippen LogP contribution is 2.25. The molecule has 2 rings (SSSR count). The smallest absolute Gasteiger partial charge is 0.330 e. The molecular formula is C18H13F5O3. The Morgan fingerprint density at radius 2 is 1.42 bits per heavy atom. The molecule has 2 aromatic carbocycles. The van der Waals surface area contributed by atoms with E-state index >= 15 is 0 Å². The average Bonchev–Trinajstić information content (AvgIpc) is 2.65. The summed E-state index contributed by atoms with van der Waals surface area (Å²) in [5.74, 6) is -10.5.